The summed E-state index contributed by atoms with van der Waals surface area (Å²) in [5.74, 6) is -6.85. The summed E-state index contributed by atoms with van der Waals surface area (Å²) in [7, 11) is 0. The van der Waals surface area contributed by atoms with Crippen molar-refractivity contribution < 1.29 is 181 Å². The first-order valence-electron chi connectivity index (χ1n) is 46.4. The van der Waals surface area contributed by atoms with Gasteiger partial charge in [0.15, 0.2) is 0 Å². The Morgan fingerprint density at radius 2 is 0.479 bits per heavy atom. The molecule has 4 saturated carbocycles. The van der Waals surface area contributed by atoms with Crippen LogP contribution in [0.15, 0.2) is 170 Å². The summed E-state index contributed by atoms with van der Waals surface area (Å²) in [6, 6.07) is 26.9. The minimum Gasteiger partial charge on any atom is -0.383 e. The van der Waals surface area contributed by atoms with Crippen LogP contribution in [0.5, 0.6) is 0 Å². The number of carbonyl (C=O) groups excluding carboxylic acids is 4. The lowest BCUT2D eigenvalue weighted by atomic mass is 9.74. The number of amides is 4. The van der Waals surface area contributed by atoms with E-state index in [2.05, 4.69) is 21.3 Å². The van der Waals surface area contributed by atoms with E-state index >= 15 is 0 Å². The summed E-state index contributed by atoms with van der Waals surface area (Å²) < 4.78 is 399. The number of benzene rings is 8. The molecule has 8 aliphatic rings. The summed E-state index contributed by atoms with van der Waals surface area (Å²) in [5, 5.41) is 51.0. The van der Waals surface area contributed by atoms with Crippen LogP contribution < -0.4 is 21.3 Å². The van der Waals surface area contributed by atoms with Gasteiger partial charge in [0.2, 0.25) is 23.6 Å². The molecule has 8 fully saturated rings. The van der Waals surface area contributed by atoms with Gasteiger partial charge in [0, 0.05) is 72.5 Å². The molecule has 146 heavy (non-hydrogen) atoms. The third-order valence-electron chi connectivity index (χ3n) is 28.9. The molecule has 4 heterocycles. The fraction of sp³-hybridized carbons (Fsp3) is 0.490. The Morgan fingerprint density at radius 3 is 0.664 bits per heavy atom. The van der Waals surface area contributed by atoms with Crippen LogP contribution in [-0.2, 0) is 87.5 Å². The second-order valence-electron chi connectivity index (χ2n) is 38.8. The number of carbonyl (C=O) groups is 4. The molecule has 0 bridgehead atoms. The molecule has 16 nitrogen and oxygen atoms in total. The van der Waals surface area contributed by atoms with Gasteiger partial charge >= 0.3 is 49.4 Å². The lowest BCUT2D eigenvalue weighted by molar-refractivity contribution is -0.145. The zero-order chi connectivity index (χ0) is 107. The topological polar surface area (TPSA) is 234 Å². The van der Waals surface area contributed by atoms with E-state index in [9.17, 15) is 163 Å². The van der Waals surface area contributed by atoms with Crippen molar-refractivity contribution in [3.05, 3.63) is 282 Å². The Morgan fingerprint density at radius 1 is 0.281 bits per heavy atom. The normalized spacial score (nSPS) is 28.6. The maximum Gasteiger partial charge on any atom is 0.416 e. The fourth-order valence-electron chi connectivity index (χ4n) is 21.9. The maximum absolute atomic E-state index is 13.6. The van der Waals surface area contributed by atoms with Crippen molar-refractivity contribution in [3.63, 3.8) is 0 Å². The van der Waals surface area contributed by atoms with Crippen molar-refractivity contribution >= 4 is 23.6 Å². The summed E-state index contributed by atoms with van der Waals surface area (Å²) in [6.07, 6.45) is -47.5. The molecular weight excluding hydrogens is 2010 g/mol. The lowest BCUT2D eigenvalue weighted by Crippen LogP contribution is -2.47. The SMILES string of the molecule is C[C@@H](O[C@H]1CC[C@@H]([C@@H]2C[C@@H](O)C(=O)N2)[C@@H]1c1ccc(F)cc1)c1cc(C(F)(F)F)cc(C(F)(F)F)c1.C[C@@H](O[C@H]1CC[C@@H]([C@@H]2C[C@H](O)C(=O)N2)[C@@H]1c1ccc(F)cc1)c1cc(C(F)(F)F)cc(C(F)(F)F)c1.C[C@@H](O[C@H]1CC[C@@H]([C@@]2(C)C[C@@H](O)C(=O)N2)[C@@H]1c1ccc(F)cc1)c1cc(C(F)(F)F)cc(C(F)(F)F)c1.C[C@@H](O[C@H]1CC[C@@H]([C@@]2(C)C[C@H](O)C(=O)N2)[C@@H]1c1ccc(F)cc1)c1cc(C(F)(F)F)cc(C(F)(F)F)c1. The van der Waals surface area contributed by atoms with Crippen molar-refractivity contribution in [2.45, 2.75) is 288 Å². The van der Waals surface area contributed by atoms with E-state index in [0.717, 1.165) is 0 Å². The number of hydrogen-bond donors (Lipinski definition) is 8. The average Bonchev–Trinajstić information content (AvgIpc) is 1.59. The molecule has 24 atom stereocenters. The Kier molecular flexibility index (Phi) is 33.2. The van der Waals surface area contributed by atoms with Crippen LogP contribution >= 0.6 is 0 Å². The number of nitrogens with one attached hydrogen (secondary N) is 4. The molecule has 44 heteroatoms. The van der Waals surface area contributed by atoms with Gasteiger partial charge in [-0.2, -0.15) is 105 Å². The largest absolute Gasteiger partial charge is 0.416 e. The average molecular weight is 2110 g/mol. The van der Waals surface area contributed by atoms with Crippen LogP contribution in [0.25, 0.3) is 0 Å². The molecule has 4 amide bonds. The summed E-state index contributed by atoms with van der Waals surface area (Å²) >= 11 is 0. The van der Waals surface area contributed by atoms with Gasteiger partial charge in [0.1, 0.15) is 47.7 Å². The zero-order valence-electron chi connectivity index (χ0n) is 78.0. The van der Waals surface area contributed by atoms with Crippen LogP contribution in [0, 0.1) is 46.9 Å². The molecule has 0 aromatic heterocycles. The van der Waals surface area contributed by atoms with Crippen molar-refractivity contribution in [2.75, 3.05) is 0 Å². The molecular formula is C102H100F28N4O12. The molecule has 16 rings (SSSR count). The Balaban J connectivity index is 0.000000163. The fourth-order valence-corrected chi connectivity index (χ4v) is 21.9. The Hall–Kier alpha value is -10.6. The predicted molar refractivity (Wildman–Crippen MR) is 466 cm³/mol. The first-order chi connectivity index (χ1) is 67.6. The second kappa shape index (κ2) is 43.1. The van der Waals surface area contributed by atoms with E-state index in [4.69, 9.17) is 18.9 Å². The molecule has 4 aliphatic carbocycles. The molecule has 0 unspecified atom stereocenters. The monoisotopic (exact) mass is 2100 g/mol. The van der Waals surface area contributed by atoms with Crippen LogP contribution in [0.3, 0.4) is 0 Å². The molecule has 8 N–H and O–H groups in total. The van der Waals surface area contributed by atoms with Gasteiger partial charge in [-0.1, -0.05) is 48.5 Å². The highest BCUT2D eigenvalue weighted by atomic mass is 19.4. The number of alkyl halides is 24. The predicted octanol–water partition coefficient (Wildman–Crippen LogP) is 23.8. The molecule has 4 aliphatic heterocycles. The van der Waals surface area contributed by atoms with Crippen molar-refractivity contribution in [2.24, 2.45) is 23.7 Å². The van der Waals surface area contributed by atoms with E-state index in [-0.39, 0.29) is 95.9 Å². The number of ether oxygens (including phenoxy) is 4. The number of aliphatic hydroxyl groups excluding tert-OH is 4. The summed E-state index contributed by atoms with van der Waals surface area (Å²) in [6.45, 7) is 9.08. The smallest absolute Gasteiger partial charge is 0.383 e. The van der Waals surface area contributed by atoms with Crippen LogP contribution in [0.2, 0.25) is 0 Å². The highest BCUT2D eigenvalue weighted by Gasteiger charge is 2.57. The van der Waals surface area contributed by atoms with Gasteiger partial charge in [-0.3, -0.25) is 19.2 Å². The van der Waals surface area contributed by atoms with E-state index in [1.165, 1.54) is 76.2 Å². The number of hydrogen-bond acceptors (Lipinski definition) is 12. The van der Waals surface area contributed by atoms with E-state index in [0.29, 0.717) is 122 Å². The van der Waals surface area contributed by atoms with Gasteiger partial charge < -0.3 is 60.6 Å². The molecule has 8 aromatic rings. The summed E-state index contributed by atoms with van der Waals surface area (Å²) in [4.78, 5) is 47.9. The molecule has 0 spiro atoms. The third kappa shape index (κ3) is 26.4. The van der Waals surface area contributed by atoms with E-state index < -0.39 is 261 Å². The minimum absolute atomic E-state index is 0.0667. The lowest BCUT2D eigenvalue weighted by Gasteiger charge is -2.37. The van der Waals surface area contributed by atoms with Gasteiger partial charge in [0.25, 0.3) is 0 Å². The van der Waals surface area contributed by atoms with Crippen LogP contribution in [-0.4, -0.2) is 116 Å². The molecule has 4 saturated heterocycles. The van der Waals surface area contributed by atoms with Gasteiger partial charge in [0.05, 0.1) is 93.3 Å². The molecule has 796 valence electrons. The van der Waals surface area contributed by atoms with Gasteiger partial charge in [-0.05, 0) is 282 Å². The highest BCUT2D eigenvalue weighted by Crippen LogP contribution is 2.56. The first-order valence-corrected chi connectivity index (χ1v) is 46.4. The van der Waals surface area contributed by atoms with Crippen molar-refractivity contribution in [1.29, 1.82) is 0 Å². The van der Waals surface area contributed by atoms with Gasteiger partial charge in [-0.25, -0.2) is 17.6 Å². The maximum atomic E-state index is 13.6. The van der Waals surface area contributed by atoms with Gasteiger partial charge in [-0.15, -0.1) is 0 Å². The second-order valence-corrected chi connectivity index (χ2v) is 38.8. The Bertz CT molecular complexity index is 5440. The van der Waals surface area contributed by atoms with E-state index in [1.807, 2.05) is 0 Å². The highest BCUT2D eigenvalue weighted by molar-refractivity contribution is 5.85. The minimum atomic E-state index is -4.99. The van der Waals surface area contributed by atoms with Crippen molar-refractivity contribution in [1.82, 2.24) is 21.3 Å². The first kappa shape index (κ1) is 113. The molecule has 0 radical (unpaired) electrons. The zero-order valence-corrected chi connectivity index (χ0v) is 78.0. The van der Waals surface area contributed by atoms with E-state index in [1.54, 1.807) is 62.4 Å². The molecule has 8 aromatic carbocycles. The van der Waals surface area contributed by atoms with Crippen LogP contribution in [0.4, 0.5) is 123 Å². The third-order valence-corrected chi connectivity index (χ3v) is 28.9. The number of rotatable bonds is 20. The summed E-state index contributed by atoms with van der Waals surface area (Å²) in [5.41, 5.74) is -11.6. The number of halogens is 28. The quantitative estimate of drug-likeness (QED) is 0.0333. The van der Waals surface area contributed by atoms with Crippen molar-refractivity contribution in [3.8, 4) is 0 Å². The standard InChI is InChI=1S/2C26H26F7NO3.2C25H24F7NO3/c2*1-13(15-9-16(25(28,29)30)11-17(10-15)26(31,32)33)37-21-8-7-19(24(2)12-20(35)23(36)34-24)22(21)14-3-5-18(27)6-4-14;2*1-12(14-8-15(24(27,28)29)10-16(9-14)25(30,31)32)36-21-7-6-18(19-11-20(34)23(35)33-19)22(21)13-2-4-17(26)5-3-13/h2*3-6,9-11,13,19-22,35H,7-8,12H2,1-2H3,(H,34,36);2*2-5,8-10,12,18-22,34H,6-7,11H2,1H3,(H,33,35)/t13-,19-,20+,21+,22+,24-;13-,19-,20-,21+,22+,24-;12-,18+,19+,20+,21+,22+;12-,18+,19+,20-,21+,22+/m1111/s1. The Labute approximate surface area is 817 Å². The number of aliphatic hydroxyl groups is 4. The van der Waals surface area contributed by atoms with Crippen LogP contribution in [0.1, 0.15) is 256 Å².